The number of phenolic OH excluding ortho intramolecular Hbond substituents is 1. The number of hydrazone groups is 1. The lowest BCUT2D eigenvalue weighted by atomic mass is 9.63. The minimum absolute atomic E-state index is 0.00555. The van der Waals surface area contributed by atoms with Crippen molar-refractivity contribution in [3.63, 3.8) is 0 Å². The van der Waals surface area contributed by atoms with Crippen molar-refractivity contribution in [1.29, 1.82) is 0 Å². The van der Waals surface area contributed by atoms with Crippen molar-refractivity contribution >= 4 is 34.0 Å². The Morgan fingerprint density at radius 1 is 1.23 bits per heavy atom. The molecule has 3 aliphatic carbocycles. The van der Waals surface area contributed by atoms with E-state index in [9.17, 15) is 14.7 Å². The van der Waals surface area contributed by atoms with Crippen molar-refractivity contribution in [2.24, 2.45) is 28.8 Å². The summed E-state index contributed by atoms with van der Waals surface area (Å²) in [5.41, 5.74) is 0.620. The molecule has 2 amide bonds. The quantitative estimate of drug-likeness (QED) is 0.462. The smallest absolute Gasteiger partial charge is 0.254 e. The number of hydrogen-bond donors (Lipinski definition) is 1. The van der Waals surface area contributed by atoms with Gasteiger partial charge in [0, 0.05) is 0 Å². The fourth-order valence-electron chi connectivity index (χ4n) is 4.23. The average molecular weight is 419 g/mol. The maximum Gasteiger partial charge on any atom is 0.254 e. The van der Waals surface area contributed by atoms with Gasteiger partial charge in [-0.1, -0.05) is 12.2 Å². The summed E-state index contributed by atoms with van der Waals surface area (Å²) in [5, 5.41) is 15.2. The zero-order chi connectivity index (χ0) is 18.4. The van der Waals surface area contributed by atoms with Crippen LogP contribution >= 0.6 is 15.9 Å². The highest BCUT2D eigenvalue weighted by atomic mass is 79.9. The normalized spacial score (nSPS) is 29.7. The van der Waals surface area contributed by atoms with Crippen molar-refractivity contribution < 1.29 is 19.4 Å². The number of aromatic hydroxyl groups is 1. The van der Waals surface area contributed by atoms with E-state index in [2.05, 4.69) is 33.2 Å². The summed E-state index contributed by atoms with van der Waals surface area (Å²) < 4.78 is 5.85. The van der Waals surface area contributed by atoms with Crippen molar-refractivity contribution in [2.75, 3.05) is 6.61 Å². The lowest BCUT2D eigenvalue weighted by Gasteiger charge is -2.37. The number of fused-ring (bicyclic) bond motifs is 1. The van der Waals surface area contributed by atoms with Gasteiger partial charge in [0.2, 0.25) is 0 Å². The van der Waals surface area contributed by atoms with Gasteiger partial charge in [-0.05, 0) is 65.2 Å². The number of halogens is 1. The van der Waals surface area contributed by atoms with Crippen LogP contribution < -0.4 is 4.74 Å². The van der Waals surface area contributed by atoms with Crippen molar-refractivity contribution in [3.8, 4) is 11.5 Å². The van der Waals surface area contributed by atoms with Gasteiger partial charge in [0.05, 0.1) is 29.1 Å². The van der Waals surface area contributed by atoms with Gasteiger partial charge in [-0.2, -0.15) is 10.1 Å². The number of amides is 2. The molecule has 1 heterocycles. The number of carbonyl (C=O) groups excluding carboxylic acids is 2. The van der Waals surface area contributed by atoms with Crippen LogP contribution in [0.5, 0.6) is 11.5 Å². The standard InChI is InChI=1S/C19H19BrN2O4/c1-2-26-14-8-10(7-13(20)17(14)23)9-21-22-18(24)15-11-3-4-12(6-5-11)16(15)19(22)25/h3-4,7-9,11-12,15-16,23H,2,5-6H2,1H3/b21-9-/t11-,12+,15-,16-/m0/s1. The minimum atomic E-state index is -0.270. The van der Waals surface area contributed by atoms with Crippen LogP contribution in [0.4, 0.5) is 0 Å². The third-order valence-electron chi connectivity index (χ3n) is 5.41. The van der Waals surface area contributed by atoms with E-state index in [0.29, 0.717) is 22.4 Å². The number of allylic oxidation sites excluding steroid dienone is 2. The first-order valence-corrected chi connectivity index (χ1v) is 9.56. The summed E-state index contributed by atoms with van der Waals surface area (Å²) in [7, 11) is 0. The third-order valence-corrected chi connectivity index (χ3v) is 6.01. The molecule has 0 spiro atoms. The molecule has 4 atom stereocenters. The molecule has 1 aliphatic heterocycles. The second kappa shape index (κ2) is 6.54. The van der Waals surface area contributed by atoms with Gasteiger partial charge < -0.3 is 9.84 Å². The Morgan fingerprint density at radius 2 is 1.85 bits per heavy atom. The first kappa shape index (κ1) is 17.3. The van der Waals surface area contributed by atoms with Crippen LogP contribution in [0.2, 0.25) is 0 Å². The number of imide groups is 1. The Morgan fingerprint density at radius 3 is 2.38 bits per heavy atom. The molecule has 1 N–H and O–H groups in total. The molecule has 1 saturated heterocycles. The molecule has 6 nitrogen and oxygen atoms in total. The molecular weight excluding hydrogens is 400 g/mol. The molecule has 2 bridgehead atoms. The lowest BCUT2D eigenvalue weighted by Crippen LogP contribution is -2.38. The van der Waals surface area contributed by atoms with E-state index in [0.717, 1.165) is 17.9 Å². The topological polar surface area (TPSA) is 79.2 Å². The highest BCUT2D eigenvalue weighted by Gasteiger charge is 2.56. The molecule has 0 aromatic heterocycles. The molecule has 1 aromatic carbocycles. The number of phenols is 1. The number of carbonyl (C=O) groups is 2. The second-order valence-corrected chi connectivity index (χ2v) is 7.71. The van der Waals surface area contributed by atoms with Crippen molar-refractivity contribution in [1.82, 2.24) is 5.01 Å². The molecule has 1 saturated carbocycles. The third kappa shape index (κ3) is 2.65. The molecular formula is C19H19BrN2O4. The molecule has 0 unspecified atom stereocenters. The second-order valence-electron chi connectivity index (χ2n) is 6.86. The van der Waals surface area contributed by atoms with Crippen LogP contribution in [0.1, 0.15) is 25.3 Å². The van der Waals surface area contributed by atoms with E-state index in [1.807, 2.05) is 6.92 Å². The molecule has 5 rings (SSSR count). The summed E-state index contributed by atoms with van der Waals surface area (Å²) in [6.45, 7) is 2.22. The molecule has 2 fully saturated rings. The molecule has 4 aliphatic rings. The molecule has 0 radical (unpaired) electrons. The van der Waals surface area contributed by atoms with Gasteiger partial charge in [-0.15, -0.1) is 0 Å². The van der Waals surface area contributed by atoms with E-state index in [4.69, 9.17) is 4.74 Å². The van der Waals surface area contributed by atoms with Gasteiger partial charge in [-0.25, -0.2) is 0 Å². The van der Waals surface area contributed by atoms with Crippen LogP contribution in [0, 0.1) is 23.7 Å². The molecule has 7 heteroatoms. The first-order chi connectivity index (χ1) is 12.5. The average Bonchev–Trinajstić information content (AvgIpc) is 2.91. The fraction of sp³-hybridized carbons (Fsp3) is 0.421. The fourth-order valence-corrected chi connectivity index (χ4v) is 4.69. The number of hydrogen-bond acceptors (Lipinski definition) is 5. The predicted octanol–water partition coefficient (Wildman–Crippen LogP) is 3.08. The van der Waals surface area contributed by atoms with Crippen molar-refractivity contribution in [2.45, 2.75) is 19.8 Å². The Kier molecular flexibility index (Phi) is 4.34. The molecule has 26 heavy (non-hydrogen) atoms. The summed E-state index contributed by atoms with van der Waals surface area (Å²) in [5.74, 6) is -0.341. The van der Waals surface area contributed by atoms with E-state index < -0.39 is 0 Å². The summed E-state index contributed by atoms with van der Waals surface area (Å²) in [6, 6.07) is 3.28. The van der Waals surface area contributed by atoms with E-state index in [-0.39, 0.29) is 41.2 Å². The monoisotopic (exact) mass is 418 g/mol. The summed E-state index contributed by atoms with van der Waals surface area (Å²) >= 11 is 3.27. The largest absolute Gasteiger partial charge is 0.503 e. The van der Waals surface area contributed by atoms with Crippen LogP contribution in [-0.4, -0.2) is 34.8 Å². The number of rotatable bonds is 4. The SMILES string of the molecule is CCOc1cc(/C=N\N2C(=O)[C@@H]3[C@@H](C2=O)[C@H]2C=C[C@@H]3CC2)cc(Br)c1O. The Labute approximate surface area is 159 Å². The van der Waals surface area contributed by atoms with Crippen LogP contribution in [-0.2, 0) is 9.59 Å². The summed E-state index contributed by atoms with van der Waals surface area (Å²) in [4.78, 5) is 25.5. The molecule has 136 valence electrons. The van der Waals surface area contributed by atoms with Gasteiger partial charge in [0.1, 0.15) is 0 Å². The van der Waals surface area contributed by atoms with E-state index >= 15 is 0 Å². The minimum Gasteiger partial charge on any atom is -0.503 e. The van der Waals surface area contributed by atoms with Crippen LogP contribution in [0.25, 0.3) is 0 Å². The van der Waals surface area contributed by atoms with E-state index in [1.54, 1.807) is 12.1 Å². The van der Waals surface area contributed by atoms with Crippen molar-refractivity contribution in [3.05, 3.63) is 34.3 Å². The highest BCUT2D eigenvalue weighted by molar-refractivity contribution is 9.10. The van der Waals surface area contributed by atoms with E-state index in [1.165, 1.54) is 6.21 Å². The first-order valence-electron chi connectivity index (χ1n) is 8.76. The zero-order valence-electron chi connectivity index (χ0n) is 14.3. The highest BCUT2D eigenvalue weighted by Crippen LogP contribution is 2.49. The lowest BCUT2D eigenvalue weighted by molar-refractivity contribution is -0.140. The number of benzene rings is 1. The Hall–Kier alpha value is -2.15. The van der Waals surface area contributed by atoms with Crippen LogP contribution in [0.3, 0.4) is 0 Å². The number of nitrogens with zero attached hydrogens (tertiary/aromatic N) is 2. The number of ether oxygens (including phenoxy) is 1. The Bertz CT molecular complexity index is 803. The maximum atomic E-state index is 12.7. The van der Waals surface area contributed by atoms with Gasteiger partial charge in [0.15, 0.2) is 11.5 Å². The van der Waals surface area contributed by atoms with Gasteiger partial charge >= 0.3 is 0 Å². The van der Waals surface area contributed by atoms with Gasteiger partial charge in [0.25, 0.3) is 11.8 Å². The zero-order valence-corrected chi connectivity index (χ0v) is 15.8. The molecule has 1 aromatic rings. The van der Waals surface area contributed by atoms with Gasteiger partial charge in [-0.3, -0.25) is 9.59 Å². The summed E-state index contributed by atoms with van der Waals surface area (Å²) in [6.07, 6.45) is 7.54. The van der Waals surface area contributed by atoms with Crippen LogP contribution in [0.15, 0.2) is 33.9 Å². The maximum absolute atomic E-state index is 12.7. The predicted molar refractivity (Wildman–Crippen MR) is 98.8 cm³/mol. The Balaban J connectivity index is 1.60.